The van der Waals surface area contributed by atoms with Crippen molar-refractivity contribution in [3.05, 3.63) is 53.9 Å². The summed E-state index contributed by atoms with van der Waals surface area (Å²) in [5, 5.41) is 26.6. The van der Waals surface area contributed by atoms with Gasteiger partial charge in [-0.05, 0) is 19.4 Å². The van der Waals surface area contributed by atoms with Crippen molar-refractivity contribution in [2.24, 2.45) is 0 Å². The van der Waals surface area contributed by atoms with Crippen molar-refractivity contribution in [2.45, 2.75) is 50.2 Å². The standard InChI is InChI=1S/C21H28F2N6O2/c22-21(23,16-8-4-3-5-9-16)18(30)12-11-17-14-24-20(31)15-29(17)13-7-2-1-6-10-19-25-27-28-26-19/h3-5,8-9,11-12,17-18,30H,1-2,6-7,10,13-15H2,(H,24,31)(H,25,26,27,28)/b12-11+/t17-,18+/m0/s1. The number of hydrogen-bond donors (Lipinski definition) is 3. The van der Waals surface area contributed by atoms with Gasteiger partial charge in [-0.3, -0.25) is 9.69 Å². The molecular formula is C21H28F2N6O2. The quantitative estimate of drug-likeness (QED) is 0.368. The van der Waals surface area contributed by atoms with Crippen LogP contribution in [0, 0.1) is 0 Å². The highest BCUT2D eigenvalue weighted by molar-refractivity contribution is 5.79. The number of tetrazole rings is 1. The molecule has 3 rings (SSSR count). The number of benzene rings is 1. The van der Waals surface area contributed by atoms with E-state index < -0.39 is 12.0 Å². The molecule has 31 heavy (non-hydrogen) atoms. The first-order valence-electron chi connectivity index (χ1n) is 10.5. The highest BCUT2D eigenvalue weighted by Gasteiger charge is 2.39. The van der Waals surface area contributed by atoms with Gasteiger partial charge in [-0.25, -0.2) is 0 Å². The number of alkyl halides is 2. The summed E-state index contributed by atoms with van der Waals surface area (Å²) < 4.78 is 29.0. The minimum absolute atomic E-state index is 0.0862. The van der Waals surface area contributed by atoms with Gasteiger partial charge in [-0.15, -0.1) is 10.2 Å². The molecule has 0 radical (unpaired) electrons. The van der Waals surface area contributed by atoms with E-state index in [4.69, 9.17) is 0 Å². The lowest BCUT2D eigenvalue weighted by molar-refractivity contribution is -0.125. The topological polar surface area (TPSA) is 107 Å². The van der Waals surface area contributed by atoms with Gasteiger partial charge in [-0.1, -0.05) is 60.5 Å². The third-order valence-corrected chi connectivity index (χ3v) is 5.35. The molecule has 0 saturated carbocycles. The minimum Gasteiger partial charge on any atom is -0.382 e. The van der Waals surface area contributed by atoms with E-state index in [0.717, 1.165) is 38.2 Å². The van der Waals surface area contributed by atoms with Crippen LogP contribution in [-0.4, -0.2) is 68.3 Å². The van der Waals surface area contributed by atoms with E-state index in [1.54, 1.807) is 12.1 Å². The van der Waals surface area contributed by atoms with Gasteiger partial charge in [0.15, 0.2) is 5.82 Å². The second-order valence-electron chi connectivity index (χ2n) is 7.65. The van der Waals surface area contributed by atoms with Crippen molar-refractivity contribution in [3.63, 3.8) is 0 Å². The lowest BCUT2D eigenvalue weighted by Gasteiger charge is -2.34. The Morgan fingerprint density at radius 3 is 2.74 bits per heavy atom. The Hall–Kier alpha value is -2.72. The molecule has 168 valence electrons. The third kappa shape index (κ3) is 6.63. The van der Waals surface area contributed by atoms with Gasteiger partial charge in [0.2, 0.25) is 5.91 Å². The average Bonchev–Trinajstić information content (AvgIpc) is 3.29. The zero-order valence-corrected chi connectivity index (χ0v) is 17.3. The number of aliphatic hydroxyl groups is 1. The number of carbonyl (C=O) groups is 1. The molecule has 0 unspecified atom stereocenters. The highest BCUT2D eigenvalue weighted by atomic mass is 19.3. The predicted molar refractivity (Wildman–Crippen MR) is 110 cm³/mol. The van der Waals surface area contributed by atoms with Gasteiger partial charge < -0.3 is 10.4 Å². The SMILES string of the molecule is O=C1CN(CCCCCCc2nn[nH]n2)[C@@H](/C=C/[C@@H](O)C(F)(F)c2ccccc2)CN1. The van der Waals surface area contributed by atoms with Crippen LogP contribution in [0.2, 0.25) is 0 Å². The van der Waals surface area contributed by atoms with E-state index in [2.05, 4.69) is 25.9 Å². The Balaban J connectivity index is 1.48. The van der Waals surface area contributed by atoms with Gasteiger partial charge in [0.1, 0.15) is 6.10 Å². The Kier molecular flexibility index (Phi) is 8.19. The summed E-state index contributed by atoms with van der Waals surface area (Å²) in [5.74, 6) is -2.78. The molecule has 2 atom stereocenters. The van der Waals surface area contributed by atoms with Crippen molar-refractivity contribution in [1.82, 2.24) is 30.8 Å². The molecular weight excluding hydrogens is 406 g/mol. The van der Waals surface area contributed by atoms with E-state index >= 15 is 0 Å². The molecule has 1 aromatic heterocycles. The summed E-state index contributed by atoms with van der Waals surface area (Å²) in [6.07, 6.45) is 5.32. The molecule has 1 fully saturated rings. The summed E-state index contributed by atoms with van der Waals surface area (Å²) >= 11 is 0. The number of halogens is 2. The number of hydrogen-bond acceptors (Lipinski definition) is 6. The van der Waals surface area contributed by atoms with E-state index in [9.17, 15) is 18.7 Å². The van der Waals surface area contributed by atoms with Crippen molar-refractivity contribution in [2.75, 3.05) is 19.6 Å². The normalized spacial score (nSPS) is 18.9. The fraction of sp³-hybridized carbons (Fsp3) is 0.524. The monoisotopic (exact) mass is 434 g/mol. The van der Waals surface area contributed by atoms with Crippen LogP contribution in [0.3, 0.4) is 0 Å². The predicted octanol–water partition coefficient (Wildman–Crippen LogP) is 1.81. The molecule has 3 N–H and O–H groups in total. The molecule has 8 nitrogen and oxygen atoms in total. The number of rotatable bonds is 11. The first-order valence-corrected chi connectivity index (χ1v) is 10.5. The van der Waals surface area contributed by atoms with Crippen molar-refractivity contribution in [1.29, 1.82) is 0 Å². The molecule has 1 aliphatic heterocycles. The second-order valence-corrected chi connectivity index (χ2v) is 7.65. The Morgan fingerprint density at radius 1 is 1.23 bits per heavy atom. The lowest BCUT2D eigenvalue weighted by Crippen LogP contribution is -2.53. The van der Waals surface area contributed by atoms with Crippen LogP contribution in [0.15, 0.2) is 42.5 Å². The number of aromatic amines is 1. The van der Waals surface area contributed by atoms with E-state index in [1.807, 2.05) is 4.90 Å². The number of nitrogens with one attached hydrogen (secondary N) is 2. The van der Waals surface area contributed by atoms with Crippen molar-refractivity contribution >= 4 is 5.91 Å². The maximum absolute atomic E-state index is 14.5. The number of aryl methyl sites for hydroxylation is 1. The largest absolute Gasteiger partial charge is 0.382 e. The van der Waals surface area contributed by atoms with Crippen LogP contribution in [0.4, 0.5) is 8.78 Å². The summed E-state index contributed by atoms with van der Waals surface area (Å²) in [4.78, 5) is 13.8. The smallest absolute Gasteiger partial charge is 0.302 e. The fourth-order valence-electron chi connectivity index (χ4n) is 3.57. The van der Waals surface area contributed by atoms with Crippen LogP contribution < -0.4 is 5.32 Å². The number of unbranched alkanes of at least 4 members (excludes halogenated alkanes) is 3. The molecule has 2 aromatic rings. The molecule has 0 bridgehead atoms. The molecule has 1 aliphatic rings. The average molecular weight is 434 g/mol. The Labute approximate surface area is 179 Å². The minimum atomic E-state index is -3.39. The summed E-state index contributed by atoms with van der Waals surface area (Å²) in [5.41, 5.74) is -0.234. The molecule has 1 saturated heterocycles. The zero-order chi connectivity index (χ0) is 22.1. The van der Waals surface area contributed by atoms with Crippen LogP contribution in [-0.2, 0) is 17.1 Å². The van der Waals surface area contributed by atoms with E-state index in [0.29, 0.717) is 18.9 Å². The summed E-state index contributed by atoms with van der Waals surface area (Å²) in [7, 11) is 0. The maximum Gasteiger partial charge on any atom is 0.302 e. The van der Waals surface area contributed by atoms with Gasteiger partial charge >= 0.3 is 5.92 Å². The molecule has 1 aromatic carbocycles. The van der Waals surface area contributed by atoms with E-state index in [-0.39, 0.29) is 24.1 Å². The summed E-state index contributed by atoms with van der Waals surface area (Å²) in [6.45, 7) is 1.22. The van der Waals surface area contributed by atoms with Crippen molar-refractivity contribution < 1.29 is 18.7 Å². The molecule has 0 aliphatic carbocycles. The second kappa shape index (κ2) is 11.1. The summed E-state index contributed by atoms with van der Waals surface area (Å²) in [6, 6.07) is 7.03. The van der Waals surface area contributed by atoms with Crippen molar-refractivity contribution in [3.8, 4) is 0 Å². The number of amides is 1. The first-order chi connectivity index (χ1) is 15.0. The van der Waals surface area contributed by atoms with Crippen LogP contribution in [0.25, 0.3) is 0 Å². The maximum atomic E-state index is 14.5. The number of H-pyrrole nitrogens is 1. The Bertz CT molecular complexity index is 832. The molecule has 1 amide bonds. The highest BCUT2D eigenvalue weighted by Crippen LogP contribution is 2.32. The molecule has 0 spiro atoms. The van der Waals surface area contributed by atoms with Gasteiger partial charge in [0.05, 0.1) is 6.54 Å². The fourth-order valence-corrected chi connectivity index (χ4v) is 3.57. The first kappa shape index (κ1) is 23.0. The molecule has 2 heterocycles. The van der Waals surface area contributed by atoms with E-state index in [1.165, 1.54) is 24.3 Å². The third-order valence-electron chi connectivity index (χ3n) is 5.35. The Morgan fingerprint density at radius 2 is 2.00 bits per heavy atom. The van der Waals surface area contributed by atoms with Gasteiger partial charge in [0, 0.05) is 24.6 Å². The van der Waals surface area contributed by atoms with Crippen LogP contribution >= 0.6 is 0 Å². The number of aromatic nitrogens is 4. The number of nitrogens with zero attached hydrogens (tertiary/aromatic N) is 4. The molecule has 10 heteroatoms. The van der Waals surface area contributed by atoms with Crippen LogP contribution in [0.1, 0.15) is 37.1 Å². The van der Waals surface area contributed by atoms with Gasteiger partial charge in [0.25, 0.3) is 0 Å². The number of aliphatic hydroxyl groups excluding tert-OH is 1. The zero-order valence-electron chi connectivity index (χ0n) is 17.3. The lowest BCUT2D eigenvalue weighted by atomic mass is 10.0. The van der Waals surface area contributed by atoms with Gasteiger partial charge in [-0.2, -0.15) is 14.0 Å². The number of piperazine rings is 1. The number of carbonyl (C=O) groups excluding carboxylic acids is 1. The van der Waals surface area contributed by atoms with Crippen LogP contribution in [0.5, 0.6) is 0 Å².